The van der Waals surface area contributed by atoms with Crippen LogP contribution in [-0.4, -0.2) is 24.5 Å². The summed E-state index contributed by atoms with van der Waals surface area (Å²) in [6, 6.07) is 17.5. The second-order valence-electron chi connectivity index (χ2n) is 6.62. The number of benzene rings is 2. The van der Waals surface area contributed by atoms with Crippen molar-refractivity contribution < 1.29 is 9.53 Å². The van der Waals surface area contributed by atoms with Crippen LogP contribution in [-0.2, 0) is 6.42 Å². The molecule has 1 aromatic heterocycles. The van der Waals surface area contributed by atoms with E-state index in [0.717, 1.165) is 17.0 Å². The first-order valence-electron chi connectivity index (χ1n) is 9.28. The normalized spacial score (nSPS) is 10.4. The summed E-state index contributed by atoms with van der Waals surface area (Å²) in [7, 11) is 1.65. The van der Waals surface area contributed by atoms with Gasteiger partial charge in [0.1, 0.15) is 11.6 Å². The topological polar surface area (TPSA) is 63.2 Å². The molecule has 0 saturated heterocycles. The molecule has 0 aliphatic rings. The minimum absolute atomic E-state index is 0.138. The van der Waals surface area contributed by atoms with Crippen LogP contribution in [0.5, 0.6) is 5.75 Å². The number of methoxy groups -OCH3 is 1. The summed E-state index contributed by atoms with van der Waals surface area (Å²) in [5.41, 5.74) is 5.02. The van der Waals surface area contributed by atoms with Crippen molar-refractivity contribution in [3.63, 3.8) is 0 Å². The minimum atomic E-state index is -0.138. The van der Waals surface area contributed by atoms with Crippen LogP contribution in [0, 0.1) is 13.8 Å². The minimum Gasteiger partial charge on any atom is -0.496 e. The highest BCUT2D eigenvalue weighted by atomic mass is 16.5. The van der Waals surface area contributed by atoms with Gasteiger partial charge in [-0.1, -0.05) is 30.3 Å². The number of aryl methyl sites for hydroxylation is 1. The van der Waals surface area contributed by atoms with Crippen LogP contribution in [0.2, 0.25) is 0 Å². The largest absolute Gasteiger partial charge is 0.496 e. The SMILES string of the molecule is COc1ccccc1CCNC(=O)c1ccc(Nc2cccc(C)c2C)nc1. The maximum Gasteiger partial charge on any atom is 0.252 e. The summed E-state index contributed by atoms with van der Waals surface area (Å²) in [5.74, 6) is 1.40. The molecule has 5 nitrogen and oxygen atoms in total. The Morgan fingerprint density at radius 2 is 1.86 bits per heavy atom. The summed E-state index contributed by atoms with van der Waals surface area (Å²) >= 11 is 0. The van der Waals surface area contributed by atoms with Crippen LogP contribution in [0.15, 0.2) is 60.8 Å². The quantitative estimate of drug-likeness (QED) is 0.641. The standard InChI is InChI=1S/C23H25N3O2/c1-16-7-6-9-20(17(16)2)26-22-12-11-19(15-25-22)23(27)24-14-13-18-8-4-5-10-21(18)28-3/h4-12,15H,13-14H2,1-3H3,(H,24,27)(H,25,26). The Hall–Kier alpha value is -3.34. The van der Waals surface area contributed by atoms with E-state index in [0.29, 0.717) is 24.3 Å². The smallest absolute Gasteiger partial charge is 0.252 e. The Morgan fingerprint density at radius 1 is 1.04 bits per heavy atom. The van der Waals surface area contributed by atoms with Gasteiger partial charge in [-0.15, -0.1) is 0 Å². The van der Waals surface area contributed by atoms with Gasteiger partial charge in [0, 0.05) is 18.4 Å². The fourth-order valence-electron chi connectivity index (χ4n) is 2.95. The summed E-state index contributed by atoms with van der Waals surface area (Å²) in [5, 5.41) is 6.23. The van der Waals surface area contributed by atoms with Crippen LogP contribution in [0.1, 0.15) is 27.0 Å². The van der Waals surface area contributed by atoms with Gasteiger partial charge in [-0.05, 0) is 61.2 Å². The van der Waals surface area contributed by atoms with E-state index < -0.39 is 0 Å². The van der Waals surface area contributed by atoms with Crippen molar-refractivity contribution in [3.8, 4) is 5.75 Å². The lowest BCUT2D eigenvalue weighted by atomic mass is 10.1. The average Bonchev–Trinajstić information content (AvgIpc) is 2.72. The van der Waals surface area contributed by atoms with Gasteiger partial charge >= 0.3 is 0 Å². The summed E-state index contributed by atoms with van der Waals surface area (Å²) in [4.78, 5) is 16.7. The number of amides is 1. The summed E-state index contributed by atoms with van der Waals surface area (Å²) in [6.45, 7) is 4.68. The zero-order chi connectivity index (χ0) is 19.9. The molecule has 0 bridgehead atoms. The Morgan fingerprint density at radius 3 is 2.61 bits per heavy atom. The van der Waals surface area contributed by atoms with Crippen molar-refractivity contribution in [2.75, 3.05) is 19.0 Å². The molecule has 5 heteroatoms. The summed E-state index contributed by atoms with van der Waals surface area (Å²) < 4.78 is 5.34. The van der Waals surface area contributed by atoms with Crippen molar-refractivity contribution in [2.45, 2.75) is 20.3 Å². The molecular weight excluding hydrogens is 350 g/mol. The molecule has 0 unspecified atom stereocenters. The Labute approximate surface area is 165 Å². The van der Waals surface area contributed by atoms with Gasteiger partial charge in [0.25, 0.3) is 5.91 Å². The van der Waals surface area contributed by atoms with Crippen molar-refractivity contribution in [1.82, 2.24) is 10.3 Å². The van der Waals surface area contributed by atoms with E-state index in [2.05, 4.69) is 35.5 Å². The number of ether oxygens (including phenoxy) is 1. The number of carbonyl (C=O) groups excluding carboxylic acids is 1. The molecule has 1 heterocycles. The lowest BCUT2D eigenvalue weighted by Crippen LogP contribution is -2.25. The Kier molecular flexibility index (Phi) is 6.27. The number of hydrogen-bond acceptors (Lipinski definition) is 4. The van der Waals surface area contributed by atoms with Gasteiger partial charge in [-0.25, -0.2) is 4.98 Å². The van der Waals surface area contributed by atoms with E-state index in [1.54, 1.807) is 19.4 Å². The number of pyridine rings is 1. The predicted octanol–water partition coefficient (Wildman–Crippen LogP) is 4.42. The predicted molar refractivity (Wildman–Crippen MR) is 112 cm³/mol. The van der Waals surface area contributed by atoms with E-state index in [1.165, 1.54) is 11.1 Å². The number of rotatable bonds is 7. The number of aromatic nitrogens is 1. The molecule has 144 valence electrons. The fraction of sp³-hybridized carbons (Fsp3) is 0.217. The fourth-order valence-corrected chi connectivity index (χ4v) is 2.95. The van der Waals surface area contributed by atoms with Crippen LogP contribution in [0.3, 0.4) is 0 Å². The molecule has 1 amide bonds. The van der Waals surface area contributed by atoms with Gasteiger partial charge in [0.2, 0.25) is 0 Å². The third-order valence-electron chi connectivity index (χ3n) is 4.77. The lowest BCUT2D eigenvalue weighted by Gasteiger charge is -2.11. The molecule has 0 atom stereocenters. The second kappa shape index (κ2) is 9.04. The number of para-hydroxylation sites is 1. The van der Waals surface area contributed by atoms with E-state index in [9.17, 15) is 4.79 Å². The van der Waals surface area contributed by atoms with Crippen molar-refractivity contribution in [3.05, 3.63) is 83.0 Å². The van der Waals surface area contributed by atoms with Gasteiger partial charge in [0.15, 0.2) is 0 Å². The first kappa shape index (κ1) is 19.4. The molecule has 2 N–H and O–H groups in total. The lowest BCUT2D eigenvalue weighted by molar-refractivity contribution is 0.0953. The van der Waals surface area contributed by atoms with Crippen LogP contribution < -0.4 is 15.4 Å². The monoisotopic (exact) mass is 375 g/mol. The van der Waals surface area contributed by atoms with E-state index in [4.69, 9.17) is 4.74 Å². The van der Waals surface area contributed by atoms with Crippen LogP contribution in [0.25, 0.3) is 0 Å². The second-order valence-corrected chi connectivity index (χ2v) is 6.62. The molecule has 0 spiro atoms. The maximum absolute atomic E-state index is 12.4. The third kappa shape index (κ3) is 4.68. The molecule has 0 saturated carbocycles. The molecule has 28 heavy (non-hydrogen) atoms. The van der Waals surface area contributed by atoms with E-state index in [1.807, 2.05) is 42.5 Å². The zero-order valence-electron chi connectivity index (χ0n) is 16.5. The number of carbonyl (C=O) groups is 1. The van der Waals surface area contributed by atoms with Gasteiger partial charge in [-0.3, -0.25) is 4.79 Å². The number of anilines is 2. The number of nitrogens with one attached hydrogen (secondary N) is 2. The molecule has 0 fully saturated rings. The first-order chi connectivity index (χ1) is 13.6. The molecule has 2 aromatic carbocycles. The third-order valence-corrected chi connectivity index (χ3v) is 4.77. The maximum atomic E-state index is 12.4. The zero-order valence-corrected chi connectivity index (χ0v) is 16.5. The van der Waals surface area contributed by atoms with Crippen LogP contribution >= 0.6 is 0 Å². The van der Waals surface area contributed by atoms with Crippen LogP contribution in [0.4, 0.5) is 11.5 Å². The Bertz CT molecular complexity index is 952. The van der Waals surface area contributed by atoms with Gasteiger partial charge in [-0.2, -0.15) is 0 Å². The Balaban J connectivity index is 1.57. The highest BCUT2D eigenvalue weighted by Crippen LogP contribution is 2.22. The van der Waals surface area contributed by atoms with Crippen molar-refractivity contribution in [2.24, 2.45) is 0 Å². The highest BCUT2D eigenvalue weighted by molar-refractivity contribution is 5.94. The molecule has 0 radical (unpaired) electrons. The molecule has 3 aromatic rings. The molecule has 0 aliphatic carbocycles. The van der Waals surface area contributed by atoms with Crippen molar-refractivity contribution in [1.29, 1.82) is 0 Å². The first-order valence-corrected chi connectivity index (χ1v) is 9.28. The highest BCUT2D eigenvalue weighted by Gasteiger charge is 2.08. The van der Waals surface area contributed by atoms with Gasteiger partial charge in [0.05, 0.1) is 12.7 Å². The summed E-state index contributed by atoms with van der Waals surface area (Å²) in [6.07, 6.45) is 2.29. The molecule has 3 rings (SSSR count). The number of hydrogen-bond donors (Lipinski definition) is 2. The molecular formula is C23H25N3O2. The molecule has 0 aliphatic heterocycles. The van der Waals surface area contributed by atoms with Crippen molar-refractivity contribution >= 4 is 17.4 Å². The van der Waals surface area contributed by atoms with Gasteiger partial charge < -0.3 is 15.4 Å². The van der Waals surface area contributed by atoms with E-state index in [-0.39, 0.29) is 5.91 Å². The van der Waals surface area contributed by atoms with E-state index >= 15 is 0 Å². The number of nitrogens with zero attached hydrogens (tertiary/aromatic N) is 1. The average molecular weight is 375 g/mol.